The first kappa shape index (κ1) is 28.0. The molecule has 0 radical (unpaired) electrons. The van der Waals surface area contributed by atoms with Gasteiger partial charge in [-0.3, -0.25) is 14.5 Å². The molecule has 6 nitrogen and oxygen atoms in total. The van der Waals surface area contributed by atoms with Crippen molar-refractivity contribution < 1.29 is 53.8 Å². The van der Waals surface area contributed by atoms with Crippen LogP contribution in [0, 0.1) is 5.92 Å². The molecule has 0 saturated heterocycles. The average Bonchev–Trinajstić information content (AvgIpc) is 3.03. The number of imide groups is 1. The fraction of sp³-hybridized carbons (Fsp3) is 0.400. The van der Waals surface area contributed by atoms with Crippen molar-refractivity contribution in [2.75, 3.05) is 19.8 Å². The molecule has 0 N–H and O–H groups in total. The van der Waals surface area contributed by atoms with E-state index in [1.165, 1.54) is 37.0 Å². The number of benzene rings is 2. The molecule has 1 aliphatic heterocycles. The zero-order valence-corrected chi connectivity index (χ0v) is 21.0. The third-order valence-corrected chi connectivity index (χ3v) is 5.08. The van der Waals surface area contributed by atoms with E-state index < -0.39 is 5.97 Å². The molecule has 2 aliphatic rings. The van der Waals surface area contributed by atoms with Crippen LogP contribution in [0.5, 0.6) is 0 Å². The SMILES string of the molecule is CC(=O)[O-].O=C1c2ccccc2C(=O)N1CCOCC1CCCCC1.[Na+].c1ccccc1. The van der Waals surface area contributed by atoms with E-state index in [1.54, 1.807) is 24.3 Å². The maximum Gasteiger partial charge on any atom is 1.00 e. The van der Waals surface area contributed by atoms with Crippen molar-refractivity contribution in [1.82, 2.24) is 4.90 Å². The maximum atomic E-state index is 12.2. The Balaban J connectivity index is 0.000000389. The number of hydrogen-bond acceptors (Lipinski definition) is 5. The number of fused-ring (bicyclic) bond motifs is 1. The van der Waals surface area contributed by atoms with Gasteiger partial charge in [0.15, 0.2) is 0 Å². The molecule has 0 bridgehead atoms. The summed E-state index contributed by atoms with van der Waals surface area (Å²) in [6, 6.07) is 19.0. The number of carbonyl (C=O) groups is 3. The van der Waals surface area contributed by atoms with Crippen molar-refractivity contribution in [3.63, 3.8) is 0 Å². The zero-order valence-electron chi connectivity index (χ0n) is 19.0. The molecule has 2 aromatic rings. The standard InChI is InChI=1S/C17H21NO3.C6H6.C2H4O2.Na/c19-16-14-8-4-5-9-15(14)17(20)18(16)10-11-21-12-13-6-2-1-3-7-13;1-2-4-6-5-3-1;1-2(3)4;/h4-5,8-9,13H,1-3,6-7,10-12H2;1-6H;1H3,(H,3,4);/q;;;+1/p-1. The summed E-state index contributed by atoms with van der Waals surface area (Å²) >= 11 is 0. The number of rotatable bonds is 5. The first-order valence-corrected chi connectivity index (χ1v) is 10.7. The first-order valence-electron chi connectivity index (χ1n) is 10.7. The molecule has 2 aromatic carbocycles. The fourth-order valence-corrected chi connectivity index (χ4v) is 3.59. The van der Waals surface area contributed by atoms with Crippen LogP contribution in [0.4, 0.5) is 0 Å². The minimum absolute atomic E-state index is 0. The number of hydrogen-bond donors (Lipinski definition) is 0. The van der Waals surface area contributed by atoms with E-state index >= 15 is 0 Å². The molecule has 0 spiro atoms. The third kappa shape index (κ3) is 9.65. The van der Waals surface area contributed by atoms with Crippen LogP contribution in [-0.2, 0) is 9.53 Å². The molecule has 0 unspecified atom stereocenters. The van der Waals surface area contributed by atoms with Crippen LogP contribution in [0.1, 0.15) is 59.7 Å². The molecular weight excluding hydrogens is 417 g/mol. The monoisotopic (exact) mass is 447 g/mol. The molecule has 2 amide bonds. The minimum atomic E-state index is -1.08. The minimum Gasteiger partial charge on any atom is -0.550 e. The van der Waals surface area contributed by atoms with Crippen molar-refractivity contribution >= 4 is 17.8 Å². The van der Waals surface area contributed by atoms with Crippen LogP contribution in [-0.4, -0.2) is 42.4 Å². The number of carboxylic acid groups (broad SMARTS) is 1. The topological polar surface area (TPSA) is 86.7 Å². The van der Waals surface area contributed by atoms with Gasteiger partial charge in [-0.1, -0.05) is 67.8 Å². The van der Waals surface area contributed by atoms with Crippen molar-refractivity contribution in [3.8, 4) is 0 Å². The van der Waals surface area contributed by atoms with Crippen LogP contribution in [0.15, 0.2) is 60.7 Å². The predicted molar refractivity (Wildman–Crippen MR) is 116 cm³/mol. The van der Waals surface area contributed by atoms with E-state index in [4.69, 9.17) is 14.6 Å². The van der Waals surface area contributed by atoms with E-state index in [-0.39, 0.29) is 41.4 Å². The Bertz CT molecular complexity index is 772. The second-order valence-electron chi connectivity index (χ2n) is 7.53. The Labute approximate surface area is 212 Å². The van der Waals surface area contributed by atoms with Crippen LogP contribution in [0.2, 0.25) is 0 Å². The largest absolute Gasteiger partial charge is 1.00 e. The molecule has 1 heterocycles. The number of ether oxygens (including phenoxy) is 1. The van der Waals surface area contributed by atoms with Crippen molar-refractivity contribution in [3.05, 3.63) is 71.8 Å². The van der Waals surface area contributed by atoms with Gasteiger partial charge in [-0.2, -0.15) is 0 Å². The third-order valence-electron chi connectivity index (χ3n) is 5.08. The normalized spacial score (nSPS) is 14.8. The van der Waals surface area contributed by atoms with E-state index in [9.17, 15) is 9.59 Å². The van der Waals surface area contributed by atoms with Crippen molar-refractivity contribution in [2.24, 2.45) is 5.92 Å². The van der Waals surface area contributed by atoms with Crippen molar-refractivity contribution in [1.29, 1.82) is 0 Å². The smallest absolute Gasteiger partial charge is 0.550 e. The summed E-state index contributed by atoms with van der Waals surface area (Å²) in [6.07, 6.45) is 6.42. The Morgan fingerprint density at radius 3 is 1.78 bits per heavy atom. The molecule has 166 valence electrons. The second kappa shape index (κ2) is 15.8. The van der Waals surface area contributed by atoms with Crippen molar-refractivity contribution in [2.45, 2.75) is 39.0 Å². The van der Waals surface area contributed by atoms with E-state index in [0.29, 0.717) is 30.2 Å². The van der Waals surface area contributed by atoms with Gasteiger partial charge in [0.05, 0.1) is 24.3 Å². The Kier molecular flexibility index (Phi) is 13.8. The molecule has 0 atom stereocenters. The average molecular weight is 448 g/mol. The van der Waals surface area contributed by atoms with E-state index in [2.05, 4.69) is 0 Å². The number of carboxylic acids is 1. The molecule has 1 fully saturated rings. The van der Waals surface area contributed by atoms with Crippen LogP contribution >= 0.6 is 0 Å². The predicted octanol–water partition coefficient (Wildman–Crippen LogP) is 0.326. The summed E-state index contributed by atoms with van der Waals surface area (Å²) in [5.41, 5.74) is 1.02. The zero-order chi connectivity index (χ0) is 22.5. The number of aliphatic carboxylic acids is 1. The number of amides is 2. The Hall–Kier alpha value is -1.99. The summed E-state index contributed by atoms with van der Waals surface area (Å²) in [6.45, 7) is 2.50. The van der Waals surface area contributed by atoms with Gasteiger partial charge >= 0.3 is 29.6 Å². The van der Waals surface area contributed by atoms with E-state index in [0.717, 1.165) is 13.5 Å². The van der Waals surface area contributed by atoms with Gasteiger partial charge in [0.25, 0.3) is 11.8 Å². The molecule has 1 saturated carbocycles. The van der Waals surface area contributed by atoms with Crippen LogP contribution in [0.3, 0.4) is 0 Å². The molecule has 7 heteroatoms. The molecule has 32 heavy (non-hydrogen) atoms. The van der Waals surface area contributed by atoms with Gasteiger partial charge in [-0.05, 0) is 37.8 Å². The molecule has 1 aliphatic carbocycles. The van der Waals surface area contributed by atoms with Gasteiger partial charge in [-0.25, -0.2) is 0 Å². The quantitative estimate of drug-likeness (QED) is 0.375. The summed E-state index contributed by atoms with van der Waals surface area (Å²) < 4.78 is 5.68. The Morgan fingerprint density at radius 1 is 0.906 bits per heavy atom. The van der Waals surface area contributed by atoms with E-state index in [1.807, 2.05) is 36.4 Å². The van der Waals surface area contributed by atoms with Crippen LogP contribution in [0.25, 0.3) is 0 Å². The Morgan fingerprint density at radius 2 is 1.34 bits per heavy atom. The molecular formula is C25H30NNaO5. The number of carbonyl (C=O) groups excluding carboxylic acids is 3. The fourth-order valence-electron chi connectivity index (χ4n) is 3.59. The molecule has 0 aromatic heterocycles. The first-order chi connectivity index (χ1) is 15.0. The maximum absolute atomic E-state index is 12.2. The summed E-state index contributed by atoms with van der Waals surface area (Å²) in [7, 11) is 0. The van der Waals surface area contributed by atoms with Gasteiger partial charge < -0.3 is 14.6 Å². The van der Waals surface area contributed by atoms with Gasteiger partial charge in [0.2, 0.25) is 0 Å². The second-order valence-corrected chi connectivity index (χ2v) is 7.53. The summed E-state index contributed by atoms with van der Waals surface area (Å²) in [5.74, 6) is -0.824. The molecule has 4 rings (SSSR count). The van der Waals surface area contributed by atoms with Crippen LogP contribution < -0.4 is 34.7 Å². The summed E-state index contributed by atoms with van der Waals surface area (Å²) in [4.78, 5) is 34.5. The van der Waals surface area contributed by atoms with Gasteiger partial charge in [0, 0.05) is 12.6 Å². The van der Waals surface area contributed by atoms with Gasteiger partial charge in [-0.15, -0.1) is 0 Å². The number of nitrogens with zero attached hydrogens (tertiary/aromatic N) is 1. The van der Waals surface area contributed by atoms with Gasteiger partial charge in [0.1, 0.15) is 0 Å². The summed E-state index contributed by atoms with van der Waals surface area (Å²) in [5, 5.41) is 8.89.